The molecule has 0 spiro atoms. The minimum atomic E-state index is -0.437. The fourth-order valence-electron chi connectivity index (χ4n) is 10.3. The topological polar surface area (TPSA) is 17.3 Å². The summed E-state index contributed by atoms with van der Waals surface area (Å²) in [5.41, 5.74) is 15.3. The smallest absolute Gasteiger partial charge is 0.156 e. The Morgan fingerprint density at radius 3 is 1.88 bits per heavy atom. The predicted octanol–water partition coefficient (Wildman–Crippen LogP) is 14.9. The van der Waals surface area contributed by atoms with Crippen LogP contribution in [0.5, 0.6) is 0 Å². The summed E-state index contributed by atoms with van der Waals surface area (Å²) < 4.78 is 4.90. The number of pyridine rings is 1. The Balaban J connectivity index is 1.04. The SMILES string of the molecule is c1ccc(C2(c3ccccc3)c3ccccc3-c3c(-c4ccc(-c5cc6c7ccccc7sc6c6nc7c8cc9ccccc9cc8ccc7n56)cc4)cccc32)cc1. The highest BCUT2D eigenvalue weighted by atomic mass is 32.1. The maximum atomic E-state index is 5.52. The molecule has 0 aliphatic heterocycles. The lowest BCUT2D eigenvalue weighted by Crippen LogP contribution is -2.28. The van der Waals surface area contributed by atoms with Crippen LogP contribution in [0.2, 0.25) is 0 Å². The van der Waals surface area contributed by atoms with Gasteiger partial charge >= 0.3 is 0 Å². The molecule has 3 heteroatoms. The van der Waals surface area contributed by atoms with Gasteiger partial charge in [-0.05, 0) is 96.6 Å². The van der Waals surface area contributed by atoms with E-state index < -0.39 is 5.41 Å². The molecule has 0 fully saturated rings. The number of hydrogen-bond acceptors (Lipinski definition) is 2. The van der Waals surface area contributed by atoms with Crippen molar-refractivity contribution in [3.05, 3.63) is 229 Å². The Labute approximate surface area is 344 Å². The molecular weight excluding hydrogens is 733 g/mol. The summed E-state index contributed by atoms with van der Waals surface area (Å²) in [6.45, 7) is 0. The van der Waals surface area contributed by atoms with Gasteiger partial charge in [0.1, 0.15) is 0 Å². The number of nitrogens with zero attached hydrogens (tertiary/aromatic N) is 2. The predicted molar refractivity (Wildman–Crippen MR) is 249 cm³/mol. The lowest BCUT2D eigenvalue weighted by atomic mass is 9.67. The molecule has 0 saturated heterocycles. The number of benzene rings is 9. The first-order valence-corrected chi connectivity index (χ1v) is 21.1. The van der Waals surface area contributed by atoms with Crippen molar-refractivity contribution < 1.29 is 0 Å². The van der Waals surface area contributed by atoms with Crippen LogP contribution < -0.4 is 0 Å². The van der Waals surface area contributed by atoms with Crippen LogP contribution in [0.4, 0.5) is 0 Å². The van der Waals surface area contributed by atoms with Crippen LogP contribution in [0.15, 0.2) is 206 Å². The molecule has 59 heavy (non-hydrogen) atoms. The minimum absolute atomic E-state index is 0.437. The van der Waals surface area contributed by atoms with Crippen molar-refractivity contribution in [3.8, 4) is 33.5 Å². The summed E-state index contributed by atoms with van der Waals surface area (Å²) in [7, 11) is 0. The summed E-state index contributed by atoms with van der Waals surface area (Å²) in [5.74, 6) is 0. The molecule has 3 aromatic heterocycles. The van der Waals surface area contributed by atoms with E-state index >= 15 is 0 Å². The standard InChI is InChI=1S/C56H34N2S/c1-3-16-40(17-4-1)56(41-18-5-2-6-19-41)47-23-11-9-21-44(47)52-42(22-13-24-48(52)56)35-26-28-36(29-27-35)50-34-46-43-20-10-12-25-51(43)59-54(46)55-57-53-45-33-38-15-8-7-14-37(38)32-39(45)30-31-49(53)58(50)55/h1-34H. The van der Waals surface area contributed by atoms with Gasteiger partial charge < -0.3 is 0 Å². The molecule has 12 aromatic rings. The lowest BCUT2D eigenvalue weighted by molar-refractivity contribution is 0.768. The monoisotopic (exact) mass is 766 g/mol. The van der Waals surface area contributed by atoms with E-state index in [1.165, 1.54) is 86.2 Å². The van der Waals surface area contributed by atoms with Gasteiger partial charge in [0.2, 0.25) is 0 Å². The molecule has 1 aliphatic rings. The highest BCUT2D eigenvalue weighted by Gasteiger charge is 2.46. The van der Waals surface area contributed by atoms with Crippen LogP contribution in [0.25, 0.3) is 91.9 Å². The van der Waals surface area contributed by atoms with Gasteiger partial charge in [-0.2, -0.15) is 0 Å². The first kappa shape index (κ1) is 32.7. The molecule has 0 saturated carbocycles. The van der Waals surface area contributed by atoms with Gasteiger partial charge in [0.25, 0.3) is 0 Å². The van der Waals surface area contributed by atoms with E-state index in [1.54, 1.807) is 0 Å². The van der Waals surface area contributed by atoms with E-state index in [4.69, 9.17) is 4.98 Å². The third-order valence-electron chi connectivity index (χ3n) is 12.8. The van der Waals surface area contributed by atoms with Gasteiger partial charge in [0.05, 0.1) is 26.8 Å². The van der Waals surface area contributed by atoms with Gasteiger partial charge in [-0.25, -0.2) is 4.98 Å². The average Bonchev–Trinajstić information content (AvgIpc) is 3.98. The fraction of sp³-hybridized carbons (Fsp3) is 0.0179. The van der Waals surface area contributed by atoms with Gasteiger partial charge in [-0.15, -0.1) is 11.3 Å². The number of fused-ring (bicyclic) bond motifs is 13. The van der Waals surface area contributed by atoms with Gasteiger partial charge in [0, 0.05) is 20.9 Å². The average molecular weight is 767 g/mol. The summed E-state index contributed by atoms with van der Waals surface area (Å²) in [4.78, 5) is 5.52. The Hall–Kier alpha value is -7.33. The second-order valence-electron chi connectivity index (χ2n) is 15.8. The molecule has 2 nitrogen and oxygen atoms in total. The Morgan fingerprint density at radius 1 is 0.441 bits per heavy atom. The molecule has 13 rings (SSSR count). The molecule has 0 radical (unpaired) electrons. The summed E-state index contributed by atoms with van der Waals surface area (Å²) >= 11 is 1.84. The third kappa shape index (κ3) is 4.54. The number of thiophene rings is 1. The zero-order valence-electron chi connectivity index (χ0n) is 31.9. The highest BCUT2D eigenvalue weighted by molar-refractivity contribution is 7.26. The minimum Gasteiger partial charge on any atom is -0.291 e. The van der Waals surface area contributed by atoms with Crippen LogP contribution in [0, 0.1) is 0 Å². The molecule has 0 amide bonds. The van der Waals surface area contributed by atoms with Crippen LogP contribution in [-0.2, 0) is 5.41 Å². The molecule has 1 aliphatic carbocycles. The molecule has 0 atom stereocenters. The number of imidazole rings is 1. The lowest BCUT2D eigenvalue weighted by Gasteiger charge is -2.34. The zero-order chi connectivity index (χ0) is 38.7. The molecular formula is C56H34N2S. The number of hydrogen-bond donors (Lipinski definition) is 0. The van der Waals surface area contributed by atoms with Crippen molar-refractivity contribution in [3.63, 3.8) is 0 Å². The molecule has 3 heterocycles. The van der Waals surface area contributed by atoms with E-state index in [0.29, 0.717) is 0 Å². The van der Waals surface area contributed by atoms with E-state index in [2.05, 4.69) is 211 Å². The molecule has 274 valence electrons. The quantitative estimate of drug-likeness (QED) is 0.163. The Kier molecular flexibility index (Phi) is 6.84. The fourth-order valence-corrected chi connectivity index (χ4v) is 11.5. The number of rotatable bonds is 4. The summed E-state index contributed by atoms with van der Waals surface area (Å²) in [6.07, 6.45) is 0. The first-order valence-electron chi connectivity index (χ1n) is 20.3. The van der Waals surface area contributed by atoms with Crippen molar-refractivity contribution in [1.29, 1.82) is 0 Å². The van der Waals surface area contributed by atoms with Crippen molar-refractivity contribution in [1.82, 2.24) is 9.38 Å². The van der Waals surface area contributed by atoms with Crippen molar-refractivity contribution >= 4 is 69.7 Å². The molecule has 9 aromatic carbocycles. The van der Waals surface area contributed by atoms with Crippen molar-refractivity contribution in [2.24, 2.45) is 0 Å². The van der Waals surface area contributed by atoms with E-state index in [1.807, 2.05) is 11.3 Å². The van der Waals surface area contributed by atoms with Gasteiger partial charge in [-0.1, -0.05) is 176 Å². The normalized spacial score (nSPS) is 13.2. The second-order valence-corrected chi connectivity index (χ2v) is 16.9. The van der Waals surface area contributed by atoms with Crippen LogP contribution in [0.3, 0.4) is 0 Å². The van der Waals surface area contributed by atoms with Crippen molar-refractivity contribution in [2.75, 3.05) is 0 Å². The molecule has 0 N–H and O–H groups in total. The number of aromatic nitrogens is 2. The van der Waals surface area contributed by atoms with E-state index in [9.17, 15) is 0 Å². The first-order chi connectivity index (χ1) is 29.3. The van der Waals surface area contributed by atoms with Gasteiger partial charge in [-0.3, -0.25) is 4.40 Å². The van der Waals surface area contributed by atoms with Gasteiger partial charge in [0.15, 0.2) is 5.65 Å². The van der Waals surface area contributed by atoms with Crippen LogP contribution >= 0.6 is 11.3 Å². The van der Waals surface area contributed by atoms with Crippen molar-refractivity contribution in [2.45, 2.75) is 5.41 Å². The maximum absolute atomic E-state index is 5.52. The van der Waals surface area contributed by atoms with E-state index in [-0.39, 0.29) is 0 Å². The Morgan fingerprint density at radius 2 is 1.08 bits per heavy atom. The largest absolute Gasteiger partial charge is 0.291 e. The zero-order valence-corrected chi connectivity index (χ0v) is 32.7. The third-order valence-corrected chi connectivity index (χ3v) is 14.0. The molecule has 0 unspecified atom stereocenters. The van der Waals surface area contributed by atoms with E-state index in [0.717, 1.165) is 27.9 Å². The summed E-state index contributed by atoms with van der Waals surface area (Å²) in [5, 5.41) is 7.38. The second kappa shape index (κ2) is 12.3. The van der Waals surface area contributed by atoms with Crippen LogP contribution in [0.1, 0.15) is 22.3 Å². The Bertz CT molecular complexity index is 3610. The summed E-state index contributed by atoms with van der Waals surface area (Å²) in [6, 6.07) is 76.2. The highest BCUT2D eigenvalue weighted by Crippen LogP contribution is 2.58. The maximum Gasteiger partial charge on any atom is 0.156 e. The molecule has 0 bridgehead atoms. The van der Waals surface area contributed by atoms with Crippen LogP contribution in [-0.4, -0.2) is 9.38 Å².